The average Bonchev–Trinajstić information content (AvgIpc) is 3.25. The zero-order valence-electron chi connectivity index (χ0n) is 14.3. The number of hydrogen-bond donors (Lipinski definition) is 0. The Labute approximate surface area is 159 Å². The van der Waals surface area contributed by atoms with Crippen molar-refractivity contribution in [3.63, 3.8) is 0 Å². The second-order valence-electron chi connectivity index (χ2n) is 5.24. The molecular formula is C19H25FeO3Si. The van der Waals surface area contributed by atoms with Crippen LogP contribution >= 0.6 is 0 Å². The number of ether oxygens (including phenoxy) is 2. The average molecular weight is 385 g/mol. The third-order valence-electron chi connectivity index (χ3n) is 3.54. The smallest absolute Gasteiger partial charge is 0.875 e. The van der Waals surface area contributed by atoms with Gasteiger partial charge in [0.15, 0.2) is 6.29 Å². The van der Waals surface area contributed by atoms with Crippen LogP contribution in [0.25, 0.3) is 0 Å². The Morgan fingerprint density at radius 2 is 1.83 bits per heavy atom. The van der Waals surface area contributed by atoms with Gasteiger partial charge in [-0.3, -0.25) is 0 Å². The van der Waals surface area contributed by atoms with Gasteiger partial charge >= 0.3 is 17.1 Å². The molecule has 5 heteroatoms. The molecular weight excluding hydrogens is 360 g/mol. The van der Waals surface area contributed by atoms with E-state index in [-0.39, 0.29) is 29.1 Å². The predicted molar refractivity (Wildman–Crippen MR) is 92.9 cm³/mol. The van der Waals surface area contributed by atoms with Gasteiger partial charge in [-0.25, -0.2) is 12.1 Å². The molecule has 131 valence electrons. The van der Waals surface area contributed by atoms with Gasteiger partial charge < -0.3 is 14.6 Å². The summed E-state index contributed by atoms with van der Waals surface area (Å²) in [5.74, 6) is 0.208. The van der Waals surface area contributed by atoms with Gasteiger partial charge in [-0.1, -0.05) is 36.3 Å². The van der Waals surface area contributed by atoms with E-state index < -0.39 is 0 Å². The Bertz CT molecular complexity index is 485. The van der Waals surface area contributed by atoms with Gasteiger partial charge in [-0.15, -0.1) is 5.76 Å². The van der Waals surface area contributed by atoms with Crippen molar-refractivity contribution in [2.75, 3.05) is 14.2 Å². The quantitative estimate of drug-likeness (QED) is 0.227. The summed E-state index contributed by atoms with van der Waals surface area (Å²) >= 11 is 0. The fourth-order valence-electron chi connectivity index (χ4n) is 2.22. The molecule has 3 nitrogen and oxygen atoms in total. The minimum absolute atomic E-state index is 0. The summed E-state index contributed by atoms with van der Waals surface area (Å²) in [6, 6.07) is 10.0. The van der Waals surface area contributed by atoms with Gasteiger partial charge in [0.1, 0.15) is 0 Å². The molecule has 1 aromatic rings. The maximum atomic E-state index is 11.9. The van der Waals surface area contributed by atoms with Gasteiger partial charge in [0.25, 0.3) is 0 Å². The van der Waals surface area contributed by atoms with E-state index in [1.807, 2.05) is 48.6 Å². The van der Waals surface area contributed by atoms with Gasteiger partial charge in [0.05, 0.1) is 10.2 Å². The number of allylic oxidation sites excluding steroid dienone is 6. The molecule has 1 aliphatic carbocycles. The summed E-state index contributed by atoms with van der Waals surface area (Å²) in [5.41, 5.74) is 0.790. The van der Waals surface area contributed by atoms with E-state index >= 15 is 0 Å². The Kier molecular flexibility index (Phi) is 13.8. The standard InChI is InChI=1S/C14H21O3Si.C5H5.Fe/c1-16-14(17-2)10-5-3-4-8-12(15)11-7-6-9-13(11)18;1-2-4-5-3-1;/h6-7,9,14-15H,3-5,8,10H2,1-2H3;1-5H;/q;-1;+2/p-1. The fourth-order valence-corrected chi connectivity index (χ4v) is 2.54. The van der Waals surface area contributed by atoms with Crippen LogP contribution in [-0.4, -0.2) is 30.8 Å². The third kappa shape index (κ3) is 9.35. The summed E-state index contributed by atoms with van der Waals surface area (Å²) in [6.45, 7) is 0. The van der Waals surface area contributed by atoms with Crippen molar-refractivity contribution in [1.82, 2.24) is 0 Å². The summed E-state index contributed by atoms with van der Waals surface area (Å²) in [7, 11) is 6.71. The summed E-state index contributed by atoms with van der Waals surface area (Å²) in [5, 5.41) is 12.7. The zero-order chi connectivity index (χ0) is 16.9. The van der Waals surface area contributed by atoms with E-state index in [4.69, 9.17) is 9.47 Å². The van der Waals surface area contributed by atoms with Crippen molar-refractivity contribution >= 4 is 10.2 Å². The fraction of sp³-hybridized carbons (Fsp3) is 0.421. The molecule has 0 atom stereocenters. The van der Waals surface area contributed by atoms with Gasteiger partial charge in [-0.2, -0.15) is 18.2 Å². The number of methoxy groups -OCH3 is 2. The van der Waals surface area contributed by atoms with E-state index in [1.54, 1.807) is 14.2 Å². The largest absolute Gasteiger partial charge is 2.00 e. The number of unbranched alkanes of at least 4 members (excludes halogenated alkanes) is 2. The Balaban J connectivity index is 0.000000751. The SMILES string of the molecule is COC(CCCCCC([O-])=C1C=CC=C1[Si])OC.[Fe+2].c1cc[cH-]c1. The number of rotatable bonds is 8. The van der Waals surface area contributed by atoms with Crippen molar-refractivity contribution < 1.29 is 31.6 Å². The molecule has 0 heterocycles. The molecule has 2 rings (SSSR count). The van der Waals surface area contributed by atoms with Gasteiger partial charge in [0.2, 0.25) is 0 Å². The van der Waals surface area contributed by atoms with Crippen LogP contribution < -0.4 is 5.11 Å². The molecule has 0 bridgehead atoms. The monoisotopic (exact) mass is 385 g/mol. The summed E-state index contributed by atoms with van der Waals surface area (Å²) in [6.07, 6.45) is 9.95. The van der Waals surface area contributed by atoms with E-state index in [9.17, 15) is 5.11 Å². The van der Waals surface area contributed by atoms with Crippen LogP contribution in [0, 0.1) is 0 Å². The van der Waals surface area contributed by atoms with Crippen LogP contribution in [0.4, 0.5) is 0 Å². The Hall–Kier alpha value is -0.974. The van der Waals surface area contributed by atoms with Crippen LogP contribution in [-0.2, 0) is 26.5 Å². The molecule has 0 fully saturated rings. The molecule has 0 unspecified atom stereocenters. The first-order valence-corrected chi connectivity index (χ1v) is 8.41. The first-order valence-electron chi connectivity index (χ1n) is 7.91. The van der Waals surface area contributed by atoms with Crippen LogP contribution in [0.2, 0.25) is 0 Å². The van der Waals surface area contributed by atoms with E-state index in [1.165, 1.54) is 0 Å². The Morgan fingerprint density at radius 3 is 2.29 bits per heavy atom. The topological polar surface area (TPSA) is 41.5 Å². The molecule has 1 aliphatic rings. The summed E-state index contributed by atoms with van der Waals surface area (Å²) in [4.78, 5) is 0. The number of hydrogen-bond acceptors (Lipinski definition) is 3. The van der Waals surface area contributed by atoms with Crippen molar-refractivity contribution in [2.45, 2.75) is 38.4 Å². The second-order valence-corrected chi connectivity index (χ2v) is 5.78. The van der Waals surface area contributed by atoms with Crippen molar-refractivity contribution in [3.05, 3.63) is 65.1 Å². The van der Waals surface area contributed by atoms with Crippen molar-refractivity contribution in [1.29, 1.82) is 0 Å². The molecule has 0 saturated heterocycles. The molecule has 0 aromatic heterocycles. The summed E-state index contributed by atoms with van der Waals surface area (Å²) < 4.78 is 10.2. The maximum Gasteiger partial charge on any atom is 2.00 e. The molecule has 1 aromatic carbocycles. The van der Waals surface area contributed by atoms with E-state index in [2.05, 4.69) is 10.2 Å². The van der Waals surface area contributed by atoms with E-state index in [0.29, 0.717) is 6.42 Å². The zero-order valence-corrected chi connectivity index (χ0v) is 16.4. The van der Waals surface area contributed by atoms with Crippen molar-refractivity contribution in [2.24, 2.45) is 0 Å². The minimum Gasteiger partial charge on any atom is -0.875 e. The van der Waals surface area contributed by atoms with E-state index in [0.717, 1.165) is 36.5 Å². The third-order valence-corrected chi connectivity index (χ3v) is 3.98. The Morgan fingerprint density at radius 1 is 1.17 bits per heavy atom. The van der Waals surface area contributed by atoms with Gasteiger partial charge in [0, 0.05) is 14.2 Å². The van der Waals surface area contributed by atoms with Crippen LogP contribution in [0.5, 0.6) is 0 Å². The molecule has 24 heavy (non-hydrogen) atoms. The molecule has 3 radical (unpaired) electrons. The van der Waals surface area contributed by atoms with Crippen LogP contribution in [0.1, 0.15) is 32.1 Å². The first-order chi connectivity index (χ1) is 11.2. The minimum atomic E-state index is -0.121. The van der Waals surface area contributed by atoms with Crippen LogP contribution in [0.3, 0.4) is 0 Å². The predicted octanol–water partition coefficient (Wildman–Crippen LogP) is 3.20. The van der Waals surface area contributed by atoms with Crippen LogP contribution in [0.15, 0.2) is 65.1 Å². The first kappa shape index (κ1) is 23.0. The van der Waals surface area contributed by atoms with Crippen molar-refractivity contribution in [3.8, 4) is 0 Å². The molecule has 0 saturated carbocycles. The molecule has 0 spiro atoms. The molecule has 0 aliphatic heterocycles. The van der Waals surface area contributed by atoms with Gasteiger partial charge in [-0.05, 0) is 24.8 Å². The second kappa shape index (κ2) is 14.4. The normalized spacial score (nSPS) is 14.8. The molecule has 0 N–H and O–H groups in total. The maximum absolute atomic E-state index is 11.9. The molecule has 0 amide bonds.